The number of ether oxygens (including phenoxy) is 3. The van der Waals surface area contributed by atoms with Gasteiger partial charge in [-0.25, -0.2) is 4.79 Å². The molecular formula is C15H18O4. The third-order valence-corrected chi connectivity index (χ3v) is 4.21. The molecule has 0 N–H and O–H groups in total. The van der Waals surface area contributed by atoms with Gasteiger partial charge >= 0.3 is 5.97 Å². The highest BCUT2D eigenvalue weighted by Crippen LogP contribution is 2.44. The predicted molar refractivity (Wildman–Crippen MR) is 69.2 cm³/mol. The number of benzene rings is 1. The fraction of sp³-hybridized carbons (Fsp3) is 0.533. The fourth-order valence-corrected chi connectivity index (χ4v) is 3.07. The highest BCUT2D eigenvalue weighted by atomic mass is 16.6. The molecule has 2 aliphatic heterocycles. The van der Waals surface area contributed by atoms with Crippen molar-refractivity contribution in [2.24, 2.45) is 0 Å². The van der Waals surface area contributed by atoms with Crippen LogP contribution < -0.4 is 4.74 Å². The molecule has 1 spiro atoms. The normalized spacial score (nSPS) is 29.4. The van der Waals surface area contributed by atoms with Crippen molar-refractivity contribution >= 4 is 5.97 Å². The Bertz CT molecular complexity index is 475. The molecule has 102 valence electrons. The summed E-state index contributed by atoms with van der Waals surface area (Å²) in [6.07, 6.45) is 2.18. The topological polar surface area (TPSA) is 44.8 Å². The molecule has 0 radical (unpaired) electrons. The van der Waals surface area contributed by atoms with Gasteiger partial charge in [0.2, 0.25) is 0 Å². The van der Waals surface area contributed by atoms with Crippen LogP contribution in [0.25, 0.3) is 0 Å². The third kappa shape index (κ3) is 2.10. The van der Waals surface area contributed by atoms with E-state index in [4.69, 9.17) is 14.2 Å². The van der Waals surface area contributed by atoms with Gasteiger partial charge in [0.25, 0.3) is 0 Å². The standard InChI is InChI=1S/C15H18O4/c1-17-14(16)13-6-7-15(10-19-13)8-9-18-12-5-3-2-4-11(12)15/h2-5,13H,6-10H2,1H3. The average molecular weight is 262 g/mol. The quantitative estimate of drug-likeness (QED) is 0.727. The molecule has 19 heavy (non-hydrogen) atoms. The first kappa shape index (κ1) is 12.5. The average Bonchev–Trinajstić information content (AvgIpc) is 2.48. The summed E-state index contributed by atoms with van der Waals surface area (Å²) >= 11 is 0. The van der Waals surface area contributed by atoms with Crippen LogP contribution in [0.4, 0.5) is 0 Å². The smallest absolute Gasteiger partial charge is 0.334 e. The maximum absolute atomic E-state index is 11.5. The lowest BCUT2D eigenvalue weighted by Gasteiger charge is -2.43. The van der Waals surface area contributed by atoms with Gasteiger partial charge < -0.3 is 14.2 Å². The van der Waals surface area contributed by atoms with Gasteiger partial charge in [-0.15, -0.1) is 0 Å². The van der Waals surface area contributed by atoms with Crippen molar-refractivity contribution in [1.29, 1.82) is 0 Å². The molecular weight excluding hydrogens is 244 g/mol. The maximum atomic E-state index is 11.5. The highest BCUT2D eigenvalue weighted by molar-refractivity contribution is 5.74. The summed E-state index contributed by atoms with van der Waals surface area (Å²) in [6, 6.07) is 8.12. The first-order valence-corrected chi connectivity index (χ1v) is 6.67. The highest BCUT2D eigenvalue weighted by Gasteiger charge is 2.43. The molecule has 1 aromatic rings. The lowest BCUT2D eigenvalue weighted by Crippen LogP contribution is -2.45. The molecule has 0 amide bonds. The van der Waals surface area contributed by atoms with Crippen LogP contribution in [0.2, 0.25) is 0 Å². The maximum Gasteiger partial charge on any atom is 0.334 e. The van der Waals surface area contributed by atoms with Crippen LogP contribution in [0.5, 0.6) is 5.75 Å². The lowest BCUT2D eigenvalue weighted by molar-refractivity contribution is -0.160. The monoisotopic (exact) mass is 262 g/mol. The van der Waals surface area contributed by atoms with Gasteiger partial charge in [0.1, 0.15) is 5.75 Å². The van der Waals surface area contributed by atoms with Crippen LogP contribution in [0.3, 0.4) is 0 Å². The largest absolute Gasteiger partial charge is 0.493 e. The van der Waals surface area contributed by atoms with E-state index in [1.165, 1.54) is 12.7 Å². The van der Waals surface area contributed by atoms with E-state index in [1.54, 1.807) is 0 Å². The van der Waals surface area contributed by atoms with Crippen LogP contribution in [0.1, 0.15) is 24.8 Å². The van der Waals surface area contributed by atoms with Gasteiger partial charge in [0.05, 0.1) is 20.3 Å². The lowest BCUT2D eigenvalue weighted by atomic mass is 9.71. The van der Waals surface area contributed by atoms with Gasteiger partial charge in [-0.05, 0) is 25.3 Å². The van der Waals surface area contributed by atoms with E-state index in [9.17, 15) is 4.79 Å². The van der Waals surface area contributed by atoms with Gasteiger partial charge in [-0.1, -0.05) is 18.2 Å². The molecule has 0 aliphatic carbocycles. The Morgan fingerprint density at radius 3 is 2.95 bits per heavy atom. The second-order valence-electron chi connectivity index (χ2n) is 5.24. The minimum atomic E-state index is -0.411. The second kappa shape index (κ2) is 4.85. The van der Waals surface area contributed by atoms with E-state index in [0.29, 0.717) is 19.6 Å². The summed E-state index contributed by atoms with van der Waals surface area (Å²) in [5.41, 5.74) is 1.21. The van der Waals surface area contributed by atoms with Crippen LogP contribution in [0.15, 0.2) is 24.3 Å². The number of carbonyl (C=O) groups excluding carboxylic acids is 1. The van der Waals surface area contributed by atoms with E-state index in [-0.39, 0.29) is 11.4 Å². The summed E-state index contributed by atoms with van der Waals surface area (Å²) in [6.45, 7) is 1.27. The van der Waals surface area contributed by atoms with E-state index >= 15 is 0 Å². The SMILES string of the molecule is COC(=O)C1CCC2(CCOc3ccccc32)CO1. The second-order valence-corrected chi connectivity index (χ2v) is 5.24. The molecule has 2 unspecified atom stereocenters. The summed E-state index contributed by atoms with van der Waals surface area (Å²) in [7, 11) is 1.40. The number of fused-ring (bicyclic) bond motifs is 2. The summed E-state index contributed by atoms with van der Waals surface area (Å²) in [5, 5.41) is 0. The molecule has 0 aromatic heterocycles. The zero-order valence-corrected chi connectivity index (χ0v) is 11.1. The molecule has 2 atom stereocenters. The van der Waals surface area contributed by atoms with Crippen LogP contribution in [0, 0.1) is 0 Å². The first-order valence-electron chi connectivity index (χ1n) is 6.67. The molecule has 1 fully saturated rings. The number of carbonyl (C=O) groups is 1. The van der Waals surface area contributed by atoms with Crippen LogP contribution in [-0.2, 0) is 19.7 Å². The van der Waals surface area contributed by atoms with E-state index < -0.39 is 6.10 Å². The van der Waals surface area contributed by atoms with Crippen molar-refractivity contribution in [2.75, 3.05) is 20.3 Å². The van der Waals surface area contributed by atoms with Crippen molar-refractivity contribution in [3.8, 4) is 5.75 Å². The predicted octanol–water partition coefficient (Wildman–Crippen LogP) is 2.06. The summed E-state index contributed by atoms with van der Waals surface area (Å²) in [5.74, 6) is 0.684. The Hall–Kier alpha value is -1.55. The summed E-state index contributed by atoms with van der Waals surface area (Å²) in [4.78, 5) is 11.5. The van der Waals surface area contributed by atoms with Gasteiger partial charge in [0, 0.05) is 11.0 Å². The minimum absolute atomic E-state index is 0.000630. The van der Waals surface area contributed by atoms with Crippen molar-refractivity contribution in [1.82, 2.24) is 0 Å². The number of esters is 1. The number of methoxy groups -OCH3 is 1. The van der Waals surface area contributed by atoms with Gasteiger partial charge in [-0.3, -0.25) is 0 Å². The van der Waals surface area contributed by atoms with Crippen molar-refractivity contribution in [2.45, 2.75) is 30.8 Å². The number of para-hydroxylation sites is 1. The van der Waals surface area contributed by atoms with E-state index in [1.807, 2.05) is 18.2 Å². The summed E-state index contributed by atoms with van der Waals surface area (Å²) < 4.78 is 16.2. The first-order chi connectivity index (χ1) is 9.25. The number of rotatable bonds is 1. The molecule has 0 saturated carbocycles. The van der Waals surface area contributed by atoms with Crippen molar-refractivity contribution < 1.29 is 19.0 Å². The Balaban J connectivity index is 1.82. The molecule has 1 saturated heterocycles. The molecule has 2 heterocycles. The van der Waals surface area contributed by atoms with E-state index in [0.717, 1.165) is 18.6 Å². The molecule has 3 rings (SSSR count). The van der Waals surface area contributed by atoms with Gasteiger partial charge in [0.15, 0.2) is 6.10 Å². The number of hydrogen-bond acceptors (Lipinski definition) is 4. The molecule has 1 aromatic carbocycles. The zero-order chi connectivity index (χ0) is 13.3. The van der Waals surface area contributed by atoms with Crippen molar-refractivity contribution in [3.63, 3.8) is 0 Å². The molecule has 2 aliphatic rings. The Labute approximate surface area is 112 Å². The van der Waals surface area contributed by atoms with Crippen LogP contribution >= 0.6 is 0 Å². The molecule has 0 bridgehead atoms. The third-order valence-electron chi connectivity index (χ3n) is 4.21. The Morgan fingerprint density at radius 1 is 1.37 bits per heavy atom. The van der Waals surface area contributed by atoms with Gasteiger partial charge in [-0.2, -0.15) is 0 Å². The minimum Gasteiger partial charge on any atom is -0.493 e. The Morgan fingerprint density at radius 2 is 2.21 bits per heavy atom. The van der Waals surface area contributed by atoms with Crippen molar-refractivity contribution in [3.05, 3.63) is 29.8 Å². The van der Waals surface area contributed by atoms with Crippen LogP contribution in [-0.4, -0.2) is 32.4 Å². The number of hydrogen-bond donors (Lipinski definition) is 0. The Kier molecular flexibility index (Phi) is 3.19. The zero-order valence-electron chi connectivity index (χ0n) is 11.1. The molecule has 4 heteroatoms. The fourth-order valence-electron chi connectivity index (χ4n) is 3.07. The van der Waals surface area contributed by atoms with E-state index in [2.05, 4.69) is 6.07 Å². The molecule has 4 nitrogen and oxygen atoms in total.